The Bertz CT molecular complexity index is 838. The van der Waals surface area contributed by atoms with Crippen LogP contribution in [0.2, 0.25) is 0 Å². The van der Waals surface area contributed by atoms with Crippen molar-refractivity contribution in [3.63, 3.8) is 0 Å². The van der Waals surface area contributed by atoms with Crippen LogP contribution < -0.4 is 10.2 Å². The standard InChI is InChI=1S/C23H30N4O/c1-17-15-27(16-20(28-17)14-26-19-7-4-2-3-5-8-19)22-11-10-18(13-24)23-21(22)9-6-12-25-23/h6,9-12,17,19-20,26H,2-5,7-8,14-16H2,1H3/t17-,20-/m1/s1. The highest BCUT2D eigenvalue weighted by molar-refractivity contribution is 5.95. The highest BCUT2D eigenvalue weighted by Crippen LogP contribution is 2.30. The number of nitrogens with one attached hydrogen (secondary N) is 1. The van der Waals surface area contributed by atoms with Gasteiger partial charge in [-0.2, -0.15) is 5.26 Å². The fourth-order valence-electron chi connectivity index (χ4n) is 4.66. The first-order valence-electron chi connectivity index (χ1n) is 10.7. The van der Waals surface area contributed by atoms with Crippen LogP contribution in [0.1, 0.15) is 51.0 Å². The summed E-state index contributed by atoms with van der Waals surface area (Å²) in [6.07, 6.45) is 10.1. The number of morpholine rings is 1. The number of ether oxygens (including phenoxy) is 1. The molecule has 1 aliphatic carbocycles. The third-order valence-corrected chi connectivity index (χ3v) is 6.02. The van der Waals surface area contributed by atoms with Crippen LogP contribution in [0, 0.1) is 11.3 Å². The van der Waals surface area contributed by atoms with Gasteiger partial charge in [0, 0.05) is 42.9 Å². The molecule has 1 N–H and O–H groups in total. The Balaban J connectivity index is 1.49. The highest BCUT2D eigenvalue weighted by atomic mass is 16.5. The van der Waals surface area contributed by atoms with E-state index in [4.69, 9.17) is 4.74 Å². The summed E-state index contributed by atoms with van der Waals surface area (Å²) in [4.78, 5) is 6.86. The molecule has 2 heterocycles. The van der Waals surface area contributed by atoms with Crippen LogP contribution in [-0.4, -0.2) is 42.9 Å². The van der Waals surface area contributed by atoms with Crippen molar-refractivity contribution in [1.82, 2.24) is 10.3 Å². The van der Waals surface area contributed by atoms with E-state index in [0.717, 1.165) is 36.2 Å². The zero-order valence-corrected chi connectivity index (χ0v) is 16.7. The second kappa shape index (κ2) is 8.89. The first kappa shape index (κ1) is 19.2. The largest absolute Gasteiger partial charge is 0.370 e. The van der Waals surface area contributed by atoms with Crippen LogP contribution in [0.4, 0.5) is 5.69 Å². The molecule has 5 heteroatoms. The Morgan fingerprint density at radius 3 is 2.79 bits per heavy atom. The maximum atomic E-state index is 9.40. The molecule has 0 radical (unpaired) electrons. The number of hydrogen-bond acceptors (Lipinski definition) is 5. The fourth-order valence-corrected chi connectivity index (χ4v) is 4.66. The Morgan fingerprint density at radius 1 is 1.18 bits per heavy atom. The minimum atomic E-state index is 0.175. The van der Waals surface area contributed by atoms with Gasteiger partial charge in [0.25, 0.3) is 0 Å². The van der Waals surface area contributed by atoms with E-state index in [0.29, 0.717) is 11.6 Å². The Morgan fingerprint density at radius 2 is 2.00 bits per heavy atom. The number of nitriles is 1. The van der Waals surface area contributed by atoms with Crippen molar-refractivity contribution in [2.24, 2.45) is 0 Å². The first-order chi connectivity index (χ1) is 13.7. The Labute approximate surface area is 167 Å². The molecule has 148 valence electrons. The van der Waals surface area contributed by atoms with Crippen LogP contribution in [0.25, 0.3) is 10.9 Å². The van der Waals surface area contributed by atoms with E-state index >= 15 is 0 Å². The molecule has 0 bridgehead atoms. The van der Waals surface area contributed by atoms with Crippen molar-refractivity contribution >= 4 is 16.6 Å². The number of benzene rings is 1. The topological polar surface area (TPSA) is 61.2 Å². The zero-order valence-electron chi connectivity index (χ0n) is 16.7. The second-order valence-electron chi connectivity index (χ2n) is 8.21. The number of anilines is 1. The maximum Gasteiger partial charge on any atom is 0.101 e. The van der Waals surface area contributed by atoms with E-state index in [1.807, 2.05) is 12.1 Å². The van der Waals surface area contributed by atoms with Crippen molar-refractivity contribution in [1.29, 1.82) is 5.26 Å². The van der Waals surface area contributed by atoms with E-state index in [-0.39, 0.29) is 12.2 Å². The highest BCUT2D eigenvalue weighted by Gasteiger charge is 2.27. The van der Waals surface area contributed by atoms with Crippen LogP contribution in [-0.2, 0) is 4.74 Å². The van der Waals surface area contributed by atoms with E-state index in [2.05, 4.69) is 40.3 Å². The Hall–Kier alpha value is -2.16. The van der Waals surface area contributed by atoms with E-state index in [1.54, 1.807) is 6.20 Å². The molecular formula is C23H30N4O. The monoisotopic (exact) mass is 378 g/mol. The summed E-state index contributed by atoms with van der Waals surface area (Å²) in [6, 6.07) is 10.9. The molecule has 1 saturated carbocycles. The minimum absolute atomic E-state index is 0.175. The molecule has 28 heavy (non-hydrogen) atoms. The predicted octanol–water partition coefficient (Wildman–Crippen LogP) is 4.01. The van der Waals surface area contributed by atoms with Crippen molar-refractivity contribution < 1.29 is 4.74 Å². The fraction of sp³-hybridized carbons (Fsp3) is 0.565. The molecule has 2 fully saturated rings. The minimum Gasteiger partial charge on any atom is -0.370 e. The third kappa shape index (κ3) is 4.29. The van der Waals surface area contributed by atoms with Crippen LogP contribution in [0.3, 0.4) is 0 Å². The lowest BCUT2D eigenvalue weighted by molar-refractivity contribution is -0.0159. The SMILES string of the molecule is C[C@@H]1CN(c2ccc(C#N)c3ncccc23)C[C@@H](CNC2CCCCCC2)O1. The number of hydrogen-bond donors (Lipinski definition) is 1. The Kier molecular flexibility index (Phi) is 6.09. The van der Waals surface area contributed by atoms with E-state index in [1.165, 1.54) is 38.5 Å². The van der Waals surface area contributed by atoms with E-state index < -0.39 is 0 Å². The number of fused-ring (bicyclic) bond motifs is 1. The van der Waals surface area contributed by atoms with Crippen LogP contribution in [0.5, 0.6) is 0 Å². The summed E-state index contributed by atoms with van der Waals surface area (Å²) >= 11 is 0. The quantitative estimate of drug-likeness (QED) is 0.815. The lowest BCUT2D eigenvalue weighted by Gasteiger charge is -2.39. The van der Waals surface area contributed by atoms with Gasteiger partial charge in [0.05, 0.1) is 23.3 Å². The zero-order chi connectivity index (χ0) is 19.3. The third-order valence-electron chi connectivity index (χ3n) is 6.02. The van der Waals surface area contributed by atoms with Gasteiger partial charge in [0.15, 0.2) is 0 Å². The summed E-state index contributed by atoms with van der Waals surface area (Å²) in [5, 5.41) is 14.2. The molecule has 4 rings (SSSR count). The molecule has 1 aromatic carbocycles. The van der Waals surface area contributed by atoms with Gasteiger partial charge in [-0.15, -0.1) is 0 Å². The molecule has 0 spiro atoms. The van der Waals surface area contributed by atoms with E-state index in [9.17, 15) is 5.26 Å². The normalized spacial score (nSPS) is 24.1. The van der Waals surface area contributed by atoms with Gasteiger partial charge in [-0.05, 0) is 44.0 Å². The summed E-state index contributed by atoms with van der Waals surface area (Å²) in [7, 11) is 0. The number of pyridine rings is 1. The number of aromatic nitrogens is 1. The predicted molar refractivity (Wildman–Crippen MR) is 112 cm³/mol. The average Bonchev–Trinajstić information content (AvgIpc) is 3.00. The molecule has 1 aromatic heterocycles. The molecule has 0 unspecified atom stereocenters. The van der Waals surface area contributed by atoms with Gasteiger partial charge < -0.3 is 15.0 Å². The summed E-state index contributed by atoms with van der Waals surface area (Å²) < 4.78 is 6.25. The van der Waals surface area contributed by atoms with Gasteiger partial charge >= 0.3 is 0 Å². The number of rotatable bonds is 4. The molecule has 2 atom stereocenters. The van der Waals surface area contributed by atoms with Gasteiger partial charge in [0.1, 0.15) is 6.07 Å². The van der Waals surface area contributed by atoms with Gasteiger partial charge in [0.2, 0.25) is 0 Å². The number of nitrogens with zero attached hydrogens (tertiary/aromatic N) is 3. The lowest BCUT2D eigenvalue weighted by Crippen LogP contribution is -2.51. The molecule has 2 aliphatic rings. The molecule has 0 amide bonds. The van der Waals surface area contributed by atoms with Gasteiger partial charge in [-0.3, -0.25) is 4.98 Å². The molecule has 1 saturated heterocycles. The average molecular weight is 379 g/mol. The lowest BCUT2D eigenvalue weighted by atomic mass is 10.1. The smallest absolute Gasteiger partial charge is 0.101 e. The summed E-state index contributed by atoms with van der Waals surface area (Å²) in [6.45, 7) is 4.77. The maximum absolute atomic E-state index is 9.40. The van der Waals surface area contributed by atoms with Crippen LogP contribution >= 0.6 is 0 Å². The molecule has 5 nitrogen and oxygen atoms in total. The van der Waals surface area contributed by atoms with Gasteiger partial charge in [-0.1, -0.05) is 25.7 Å². The van der Waals surface area contributed by atoms with Crippen molar-refractivity contribution in [3.8, 4) is 6.07 Å². The molecular weight excluding hydrogens is 348 g/mol. The van der Waals surface area contributed by atoms with Crippen molar-refractivity contribution in [2.75, 3.05) is 24.5 Å². The van der Waals surface area contributed by atoms with Crippen LogP contribution in [0.15, 0.2) is 30.5 Å². The molecule has 1 aliphatic heterocycles. The van der Waals surface area contributed by atoms with Crippen molar-refractivity contribution in [2.45, 2.75) is 63.7 Å². The second-order valence-corrected chi connectivity index (χ2v) is 8.21. The van der Waals surface area contributed by atoms with Gasteiger partial charge in [-0.25, -0.2) is 0 Å². The summed E-state index contributed by atoms with van der Waals surface area (Å²) in [5.74, 6) is 0. The van der Waals surface area contributed by atoms with Crippen molar-refractivity contribution in [3.05, 3.63) is 36.0 Å². The molecule has 2 aromatic rings. The summed E-state index contributed by atoms with van der Waals surface area (Å²) in [5.41, 5.74) is 2.57. The first-order valence-corrected chi connectivity index (χ1v) is 10.7.